The molecule has 102 valence electrons. The molecule has 0 radical (unpaired) electrons. The summed E-state index contributed by atoms with van der Waals surface area (Å²) in [6.07, 6.45) is -0.478. The van der Waals surface area contributed by atoms with Crippen molar-refractivity contribution in [3.8, 4) is 0 Å². The van der Waals surface area contributed by atoms with Gasteiger partial charge in [0.25, 0.3) is 10.1 Å². The topological polar surface area (TPSA) is 92.7 Å². The van der Waals surface area contributed by atoms with Crippen molar-refractivity contribution in [2.24, 2.45) is 0 Å². The Morgan fingerprint density at radius 1 is 1.26 bits per heavy atom. The number of ether oxygens (including phenoxy) is 1. The molecule has 0 unspecified atom stereocenters. The third-order valence-electron chi connectivity index (χ3n) is 2.06. The molecule has 8 heteroatoms. The molecule has 0 heterocycles. The van der Waals surface area contributed by atoms with E-state index >= 15 is 0 Å². The van der Waals surface area contributed by atoms with Gasteiger partial charge in [-0.2, -0.15) is 8.42 Å². The normalized spacial score (nSPS) is 10.4. The molecule has 0 atom stereocenters. The van der Waals surface area contributed by atoms with Crippen LogP contribution in [0.4, 0.5) is 4.79 Å². The Balaban J connectivity index is 0.00000324. The summed E-state index contributed by atoms with van der Waals surface area (Å²) < 4.78 is 34.2. The minimum absolute atomic E-state index is 0. The van der Waals surface area contributed by atoms with Crippen LogP contribution in [-0.2, 0) is 21.5 Å². The van der Waals surface area contributed by atoms with Gasteiger partial charge in [-0.15, -0.1) is 0 Å². The number of alkyl carbamates (subject to hydrolysis) is 1. The second-order valence-corrected chi connectivity index (χ2v) is 5.20. The van der Waals surface area contributed by atoms with Gasteiger partial charge >= 0.3 is 35.7 Å². The van der Waals surface area contributed by atoms with Crippen molar-refractivity contribution in [1.29, 1.82) is 0 Å². The van der Waals surface area contributed by atoms with Crippen LogP contribution in [0.2, 0.25) is 0 Å². The molecule has 0 aromatic heterocycles. The quantitative estimate of drug-likeness (QED) is 0.454. The molecule has 0 bridgehead atoms. The number of carbonyl (C=O) groups excluding carboxylic acids is 1. The van der Waals surface area contributed by atoms with Gasteiger partial charge < -0.3 is 10.1 Å². The van der Waals surface area contributed by atoms with Crippen molar-refractivity contribution in [3.05, 3.63) is 35.9 Å². The van der Waals surface area contributed by atoms with Crippen molar-refractivity contribution in [2.45, 2.75) is 13.0 Å². The summed E-state index contributed by atoms with van der Waals surface area (Å²) in [4.78, 5) is 11.2. The van der Waals surface area contributed by atoms with Crippen molar-refractivity contribution in [1.82, 2.24) is 5.32 Å². The summed E-state index contributed by atoms with van der Waals surface area (Å²) in [5.41, 5.74) is 0.866. The number of amides is 1. The van der Waals surface area contributed by atoms with Gasteiger partial charge in [-0.05, 0) is 12.0 Å². The first kappa shape index (κ1) is 18.4. The zero-order chi connectivity index (χ0) is 13.4. The number of nitrogens with one attached hydrogen (secondary N) is 1. The molecule has 2 N–H and O–H groups in total. The van der Waals surface area contributed by atoms with E-state index in [1.165, 1.54) is 0 Å². The van der Waals surface area contributed by atoms with Crippen LogP contribution in [0.1, 0.15) is 12.0 Å². The molecule has 0 spiro atoms. The fraction of sp³-hybridized carbons (Fsp3) is 0.364. The summed E-state index contributed by atoms with van der Waals surface area (Å²) in [6.45, 7) is 0.290. The van der Waals surface area contributed by atoms with Gasteiger partial charge in [0.2, 0.25) is 0 Å². The van der Waals surface area contributed by atoms with Crippen molar-refractivity contribution >= 4 is 45.8 Å². The third-order valence-corrected chi connectivity index (χ3v) is 2.87. The molecule has 0 aliphatic rings. The summed E-state index contributed by atoms with van der Waals surface area (Å²) in [7, 11) is -3.97. The first-order chi connectivity index (χ1) is 8.47. The number of rotatable bonds is 6. The van der Waals surface area contributed by atoms with Gasteiger partial charge in [-0.1, -0.05) is 30.3 Å². The van der Waals surface area contributed by atoms with Crippen LogP contribution >= 0.6 is 0 Å². The van der Waals surface area contributed by atoms with E-state index in [2.05, 4.69) is 5.32 Å². The van der Waals surface area contributed by atoms with E-state index in [1.807, 2.05) is 30.3 Å². The molecule has 0 aliphatic heterocycles. The second kappa shape index (κ2) is 9.33. The van der Waals surface area contributed by atoms with Gasteiger partial charge in [0.15, 0.2) is 0 Å². The Bertz CT molecular complexity index is 477. The predicted octanol–water partition coefficient (Wildman–Crippen LogP) is 0.542. The molecule has 0 aliphatic carbocycles. The number of hydrogen-bond donors (Lipinski definition) is 2. The van der Waals surface area contributed by atoms with Gasteiger partial charge in [-0.25, -0.2) is 4.79 Å². The molecular weight excluding hydrogens is 281 g/mol. The van der Waals surface area contributed by atoms with E-state index in [-0.39, 0.29) is 54.9 Å². The Hall–Kier alpha value is -0.600. The Labute approximate surface area is 134 Å². The van der Waals surface area contributed by atoms with E-state index in [0.29, 0.717) is 0 Å². The van der Waals surface area contributed by atoms with Crippen LogP contribution < -0.4 is 5.32 Å². The molecular formula is C11H16NNaO5S. The van der Waals surface area contributed by atoms with E-state index in [4.69, 9.17) is 9.29 Å². The Morgan fingerprint density at radius 3 is 2.47 bits per heavy atom. The van der Waals surface area contributed by atoms with E-state index in [0.717, 1.165) is 5.56 Å². The first-order valence-corrected chi connectivity index (χ1v) is 6.98. The molecule has 1 aromatic carbocycles. The monoisotopic (exact) mass is 297 g/mol. The summed E-state index contributed by atoms with van der Waals surface area (Å²) in [6, 6.07) is 9.18. The molecule has 0 saturated heterocycles. The molecule has 0 fully saturated rings. The van der Waals surface area contributed by atoms with Crippen LogP contribution in [-0.4, -0.2) is 60.9 Å². The average molecular weight is 297 g/mol. The fourth-order valence-corrected chi connectivity index (χ4v) is 1.73. The van der Waals surface area contributed by atoms with Crippen LogP contribution in [0, 0.1) is 0 Å². The van der Waals surface area contributed by atoms with Crippen molar-refractivity contribution < 1.29 is 22.5 Å². The maximum atomic E-state index is 11.2. The van der Waals surface area contributed by atoms with Gasteiger partial charge in [0.05, 0.1) is 5.75 Å². The average Bonchev–Trinajstić information content (AvgIpc) is 2.32. The van der Waals surface area contributed by atoms with Gasteiger partial charge in [-0.3, -0.25) is 4.55 Å². The summed E-state index contributed by atoms with van der Waals surface area (Å²) in [5, 5.41) is 2.39. The van der Waals surface area contributed by atoms with Crippen LogP contribution in [0.15, 0.2) is 30.3 Å². The van der Waals surface area contributed by atoms with Crippen molar-refractivity contribution in [3.63, 3.8) is 0 Å². The maximum absolute atomic E-state index is 11.2. The first-order valence-electron chi connectivity index (χ1n) is 5.37. The summed E-state index contributed by atoms with van der Waals surface area (Å²) in [5.74, 6) is -0.383. The Kier molecular flexibility index (Phi) is 9.03. The predicted molar refractivity (Wildman–Crippen MR) is 72.8 cm³/mol. The van der Waals surface area contributed by atoms with E-state index < -0.39 is 16.2 Å². The zero-order valence-electron chi connectivity index (χ0n) is 9.70. The van der Waals surface area contributed by atoms with E-state index in [9.17, 15) is 13.2 Å². The van der Waals surface area contributed by atoms with Crippen molar-refractivity contribution in [2.75, 3.05) is 12.3 Å². The van der Waals surface area contributed by atoms with Gasteiger partial charge in [0.1, 0.15) is 6.61 Å². The molecule has 1 rings (SSSR count). The van der Waals surface area contributed by atoms with Gasteiger partial charge in [0, 0.05) is 6.54 Å². The van der Waals surface area contributed by atoms with Crippen LogP contribution in [0.5, 0.6) is 0 Å². The SMILES string of the molecule is O=C(NCCCS(=O)(=O)O)OCc1ccccc1.[NaH]. The Morgan fingerprint density at radius 2 is 1.89 bits per heavy atom. The third kappa shape index (κ3) is 9.92. The second-order valence-electron chi connectivity index (χ2n) is 3.63. The fourth-order valence-electron chi connectivity index (χ4n) is 1.22. The molecule has 1 amide bonds. The molecule has 19 heavy (non-hydrogen) atoms. The van der Waals surface area contributed by atoms with Crippen LogP contribution in [0.25, 0.3) is 0 Å². The zero-order valence-corrected chi connectivity index (χ0v) is 10.5. The number of hydrogen-bond acceptors (Lipinski definition) is 4. The van der Waals surface area contributed by atoms with Crippen LogP contribution in [0.3, 0.4) is 0 Å². The molecule has 1 aromatic rings. The van der Waals surface area contributed by atoms with E-state index in [1.54, 1.807) is 0 Å². The standard InChI is InChI=1S/C11H15NO5S.Na.H/c13-11(12-7-4-8-18(14,15)16)17-9-10-5-2-1-3-6-10;;/h1-3,5-6H,4,7-9H2,(H,12,13)(H,14,15,16);;. The number of benzene rings is 1. The summed E-state index contributed by atoms with van der Waals surface area (Å²) >= 11 is 0. The minimum atomic E-state index is -3.97. The molecule has 0 saturated carbocycles. The number of carbonyl (C=O) groups is 1. The molecule has 6 nitrogen and oxygen atoms in total.